The summed E-state index contributed by atoms with van der Waals surface area (Å²) < 4.78 is 6.64. The number of allylic oxidation sites excluding steroid dienone is 2. The molecule has 4 aliphatic carbocycles. The highest BCUT2D eigenvalue weighted by Crippen LogP contribution is 2.73. The highest BCUT2D eigenvalue weighted by Gasteiger charge is 2.69. The summed E-state index contributed by atoms with van der Waals surface area (Å²) in [4.78, 5) is 12.9. The fourth-order valence-corrected chi connectivity index (χ4v) is 10.2. The van der Waals surface area contributed by atoms with E-state index in [-0.39, 0.29) is 33.7 Å². The Hall–Kier alpha value is -0.710. The molecule has 1 heterocycles. The van der Waals surface area contributed by atoms with Gasteiger partial charge in [-0.1, -0.05) is 45.8 Å². The van der Waals surface area contributed by atoms with Gasteiger partial charge in [0, 0.05) is 17.8 Å². The van der Waals surface area contributed by atoms with E-state index in [2.05, 4.69) is 41.5 Å². The van der Waals surface area contributed by atoms with Crippen molar-refractivity contribution in [1.82, 2.24) is 0 Å². The molecule has 5 aliphatic rings. The molecule has 0 bridgehead atoms. The van der Waals surface area contributed by atoms with Gasteiger partial charge in [0.1, 0.15) is 5.78 Å². The molecule has 0 aromatic heterocycles. The monoisotopic (exact) mass is 472 g/mol. The van der Waals surface area contributed by atoms with E-state index in [1.165, 1.54) is 0 Å². The van der Waals surface area contributed by atoms with Crippen molar-refractivity contribution >= 4 is 5.78 Å². The Bertz CT molecular complexity index is 927. The standard InChI is InChI=1S/C30H48O4/c1-25(2)21-10-9-19-18(27(21,5)14-12-22(25)32)11-15-28(6)24(20(31)17-29(19,28)7)30(8)16-13-23(34-30)26(3,4)33/h20-21,23-24,31,33H,9-17H2,1-8H3/t20-,21+,23+,24-,27+,28+,29-,30-/m0/s1. The van der Waals surface area contributed by atoms with Crippen LogP contribution >= 0.6 is 0 Å². The van der Waals surface area contributed by atoms with Crippen LogP contribution in [0.15, 0.2) is 11.1 Å². The lowest BCUT2D eigenvalue weighted by Gasteiger charge is -2.61. The van der Waals surface area contributed by atoms with Crippen LogP contribution in [0, 0.1) is 33.5 Å². The number of carbonyl (C=O) groups excluding carboxylic acids is 1. The number of rotatable bonds is 2. The average molecular weight is 473 g/mol. The van der Waals surface area contributed by atoms with E-state index in [1.54, 1.807) is 11.1 Å². The lowest BCUT2D eigenvalue weighted by atomic mass is 9.43. The number of aliphatic hydroxyl groups is 2. The molecule has 1 aliphatic heterocycles. The number of ketones is 1. The van der Waals surface area contributed by atoms with Crippen molar-refractivity contribution in [2.75, 3.05) is 0 Å². The normalized spacial score (nSPS) is 50.7. The van der Waals surface area contributed by atoms with Gasteiger partial charge < -0.3 is 14.9 Å². The Morgan fingerprint density at radius 1 is 0.912 bits per heavy atom. The maximum absolute atomic E-state index is 12.9. The number of carbonyl (C=O) groups is 1. The summed E-state index contributed by atoms with van der Waals surface area (Å²) in [5, 5.41) is 22.3. The molecule has 2 N–H and O–H groups in total. The van der Waals surface area contributed by atoms with Crippen LogP contribution in [0.2, 0.25) is 0 Å². The molecular formula is C30H48O4. The third-order valence-corrected chi connectivity index (χ3v) is 12.2. The summed E-state index contributed by atoms with van der Waals surface area (Å²) in [5.41, 5.74) is 1.69. The maximum atomic E-state index is 12.9. The number of aliphatic hydroxyl groups excluding tert-OH is 1. The molecule has 5 rings (SSSR count). The molecule has 0 unspecified atom stereocenters. The molecule has 0 aromatic rings. The minimum atomic E-state index is -0.869. The number of ether oxygens (including phenoxy) is 1. The molecule has 3 fully saturated rings. The van der Waals surface area contributed by atoms with E-state index >= 15 is 0 Å². The molecule has 34 heavy (non-hydrogen) atoms. The van der Waals surface area contributed by atoms with Gasteiger partial charge in [-0.3, -0.25) is 4.79 Å². The number of fused-ring (bicyclic) bond motifs is 4. The van der Waals surface area contributed by atoms with E-state index in [1.807, 2.05) is 13.8 Å². The third kappa shape index (κ3) is 3.03. The van der Waals surface area contributed by atoms with Crippen molar-refractivity contribution in [3.05, 3.63) is 11.1 Å². The number of hydrogen-bond donors (Lipinski definition) is 2. The first kappa shape index (κ1) is 25.0. The smallest absolute Gasteiger partial charge is 0.138 e. The fraction of sp³-hybridized carbons (Fsp3) is 0.900. The third-order valence-electron chi connectivity index (χ3n) is 12.2. The van der Waals surface area contributed by atoms with Crippen LogP contribution in [0.1, 0.15) is 113 Å². The predicted molar refractivity (Wildman–Crippen MR) is 134 cm³/mol. The minimum Gasteiger partial charge on any atom is -0.393 e. The summed E-state index contributed by atoms with van der Waals surface area (Å²) in [6.07, 6.45) is 7.88. The van der Waals surface area contributed by atoms with Gasteiger partial charge in [-0.2, -0.15) is 0 Å². The van der Waals surface area contributed by atoms with Crippen molar-refractivity contribution < 1.29 is 19.7 Å². The van der Waals surface area contributed by atoms with Gasteiger partial charge in [0.25, 0.3) is 0 Å². The first-order valence-electron chi connectivity index (χ1n) is 13.9. The Morgan fingerprint density at radius 3 is 2.21 bits per heavy atom. The highest BCUT2D eigenvalue weighted by molar-refractivity contribution is 5.85. The van der Waals surface area contributed by atoms with Crippen molar-refractivity contribution in [3.8, 4) is 0 Å². The zero-order valence-corrected chi connectivity index (χ0v) is 22.9. The molecule has 8 atom stereocenters. The summed E-state index contributed by atoms with van der Waals surface area (Å²) in [6.45, 7) is 17.5. The van der Waals surface area contributed by atoms with E-state index in [9.17, 15) is 15.0 Å². The quantitative estimate of drug-likeness (QED) is 0.485. The zero-order valence-electron chi connectivity index (χ0n) is 22.9. The minimum absolute atomic E-state index is 0.0440. The van der Waals surface area contributed by atoms with E-state index in [0.717, 1.165) is 51.4 Å². The Balaban J connectivity index is 1.54. The van der Waals surface area contributed by atoms with Crippen molar-refractivity contribution in [2.24, 2.45) is 33.5 Å². The Kier molecular flexibility index (Phi) is 5.28. The highest BCUT2D eigenvalue weighted by atomic mass is 16.5. The van der Waals surface area contributed by atoms with Crippen molar-refractivity contribution in [1.29, 1.82) is 0 Å². The van der Waals surface area contributed by atoms with Crippen molar-refractivity contribution in [3.63, 3.8) is 0 Å². The van der Waals surface area contributed by atoms with Crippen LogP contribution in [0.3, 0.4) is 0 Å². The topological polar surface area (TPSA) is 66.8 Å². The lowest BCUT2D eigenvalue weighted by Crippen LogP contribution is -2.55. The van der Waals surface area contributed by atoms with Crippen LogP contribution in [0.4, 0.5) is 0 Å². The van der Waals surface area contributed by atoms with Crippen LogP contribution in [0.5, 0.6) is 0 Å². The maximum Gasteiger partial charge on any atom is 0.138 e. The van der Waals surface area contributed by atoms with Gasteiger partial charge >= 0.3 is 0 Å². The molecule has 0 aromatic carbocycles. The van der Waals surface area contributed by atoms with Crippen molar-refractivity contribution in [2.45, 2.75) is 137 Å². The van der Waals surface area contributed by atoms with Crippen LogP contribution in [-0.2, 0) is 9.53 Å². The zero-order chi connectivity index (χ0) is 25.1. The Morgan fingerprint density at radius 2 is 1.59 bits per heavy atom. The van der Waals surface area contributed by atoms with Gasteiger partial charge in [0.05, 0.1) is 23.4 Å². The molecule has 2 saturated carbocycles. The SMILES string of the molecule is CC(C)(O)[C@H]1CC[C@@](C)([C@H]2[C@@H](O)C[C@@]3(C)C4=C(CC[C@]23C)[C@@]2(C)CCC(=O)C(C)(C)[C@H]2CC4)O1. The van der Waals surface area contributed by atoms with Gasteiger partial charge in [-0.25, -0.2) is 0 Å². The second-order valence-electron chi connectivity index (χ2n) is 14.7. The van der Waals surface area contributed by atoms with Crippen LogP contribution in [-0.4, -0.2) is 39.4 Å². The number of Topliss-reactive ketones (excluding diaryl/α,β-unsaturated/α-hetero) is 1. The molecule has 0 amide bonds. The van der Waals surface area contributed by atoms with Gasteiger partial charge in [-0.05, 0) is 94.3 Å². The van der Waals surface area contributed by atoms with Gasteiger partial charge in [0.15, 0.2) is 0 Å². The molecule has 4 heteroatoms. The Labute approximate surface area is 206 Å². The average Bonchev–Trinajstić information content (AvgIpc) is 3.20. The van der Waals surface area contributed by atoms with E-state index in [4.69, 9.17) is 4.74 Å². The fourth-order valence-electron chi connectivity index (χ4n) is 10.2. The molecule has 1 saturated heterocycles. The summed E-state index contributed by atoms with van der Waals surface area (Å²) in [5.74, 6) is 0.912. The second kappa shape index (κ2) is 7.19. The summed E-state index contributed by atoms with van der Waals surface area (Å²) in [6, 6.07) is 0. The number of hydrogen-bond acceptors (Lipinski definition) is 4. The molecular weight excluding hydrogens is 424 g/mol. The molecule has 192 valence electrons. The van der Waals surface area contributed by atoms with Gasteiger partial charge in [0.2, 0.25) is 0 Å². The van der Waals surface area contributed by atoms with E-state index in [0.29, 0.717) is 18.1 Å². The first-order valence-corrected chi connectivity index (χ1v) is 13.9. The first-order chi connectivity index (χ1) is 15.5. The van der Waals surface area contributed by atoms with Crippen LogP contribution in [0.25, 0.3) is 0 Å². The van der Waals surface area contributed by atoms with Gasteiger partial charge in [-0.15, -0.1) is 0 Å². The molecule has 0 radical (unpaired) electrons. The molecule has 4 nitrogen and oxygen atoms in total. The second-order valence-corrected chi connectivity index (χ2v) is 14.7. The summed E-state index contributed by atoms with van der Waals surface area (Å²) >= 11 is 0. The predicted octanol–water partition coefficient (Wildman–Crippen LogP) is 5.98. The lowest BCUT2D eigenvalue weighted by molar-refractivity contribution is -0.170. The summed E-state index contributed by atoms with van der Waals surface area (Å²) in [7, 11) is 0. The van der Waals surface area contributed by atoms with Crippen LogP contribution < -0.4 is 0 Å². The molecule has 0 spiro atoms. The largest absolute Gasteiger partial charge is 0.393 e. The van der Waals surface area contributed by atoms with E-state index < -0.39 is 17.3 Å².